The van der Waals surface area contributed by atoms with E-state index in [9.17, 15) is 10.2 Å². The molecule has 1 aliphatic heterocycles. The highest BCUT2D eigenvalue weighted by atomic mass is 16.3. The number of hydrogen-bond acceptors (Lipinski definition) is 4. The first-order chi connectivity index (χ1) is 7.77. The third kappa shape index (κ3) is 2.80. The highest BCUT2D eigenvalue weighted by Gasteiger charge is 2.32. The van der Waals surface area contributed by atoms with E-state index in [1.54, 1.807) is 0 Å². The summed E-state index contributed by atoms with van der Waals surface area (Å²) in [4.78, 5) is 0. The van der Waals surface area contributed by atoms with Crippen LogP contribution in [0.4, 0.5) is 0 Å². The standard InChI is InChI=1S/C12H18N2O2/c15-11-8-14-10(12(11)16)7-13-6-9-4-2-1-3-5-9/h1-5,10-16H,6-8H2/t10-,11+,12+/m1/s1. The van der Waals surface area contributed by atoms with Gasteiger partial charge in [-0.2, -0.15) is 0 Å². The van der Waals surface area contributed by atoms with Gasteiger partial charge in [0.05, 0.1) is 12.2 Å². The summed E-state index contributed by atoms with van der Waals surface area (Å²) >= 11 is 0. The normalized spacial score (nSPS) is 29.5. The molecular formula is C12H18N2O2. The van der Waals surface area contributed by atoms with Gasteiger partial charge in [-0.3, -0.25) is 0 Å². The molecule has 4 N–H and O–H groups in total. The number of β-amino-alcohol motifs (C(OH)–C–C–N with tert-alkyl or cyclic N) is 1. The number of nitrogens with one attached hydrogen (secondary N) is 2. The van der Waals surface area contributed by atoms with Gasteiger partial charge in [0, 0.05) is 25.7 Å². The second kappa shape index (κ2) is 5.41. The average molecular weight is 222 g/mol. The molecule has 1 aliphatic rings. The fourth-order valence-corrected chi connectivity index (χ4v) is 1.94. The molecule has 0 unspecified atom stereocenters. The Morgan fingerprint density at radius 1 is 1.25 bits per heavy atom. The second-order valence-electron chi connectivity index (χ2n) is 4.19. The van der Waals surface area contributed by atoms with Crippen LogP contribution < -0.4 is 10.6 Å². The molecule has 0 radical (unpaired) electrons. The summed E-state index contributed by atoms with van der Waals surface area (Å²) in [5.41, 5.74) is 1.22. The van der Waals surface area contributed by atoms with Crippen molar-refractivity contribution in [1.29, 1.82) is 0 Å². The zero-order valence-electron chi connectivity index (χ0n) is 9.13. The minimum atomic E-state index is -0.664. The molecule has 2 rings (SSSR count). The van der Waals surface area contributed by atoms with E-state index >= 15 is 0 Å². The van der Waals surface area contributed by atoms with Gasteiger partial charge in [-0.15, -0.1) is 0 Å². The monoisotopic (exact) mass is 222 g/mol. The van der Waals surface area contributed by atoms with E-state index in [4.69, 9.17) is 0 Å². The van der Waals surface area contributed by atoms with E-state index in [2.05, 4.69) is 22.8 Å². The maximum Gasteiger partial charge on any atom is 0.0976 e. The van der Waals surface area contributed by atoms with Crippen LogP contribution in [0.1, 0.15) is 5.56 Å². The summed E-state index contributed by atoms with van der Waals surface area (Å²) in [5, 5.41) is 25.3. The first kappa shape index (κ1) is 11.5. The van der Waals surface area contributed by atoms with Crippen molar-refractivity contribution in [2.75, 3.05) is 13.1 Å². The van der Waals surface area contributed by atoms with Crippen molar-refractivity contribution in [3.05, 3.63) is 35.9 Å². The molecular weight excluding hydrogens is 204 g/mol. The molecule has 1 heterocycles. The third-order valence-corrected chi connectivity index (χ3v) is 2.93. The average Bonchev–Trinajstić information content (AvgIpc) is 2.62. The minimum Gasteiger partial charge on any atom is -0.389 e. The second-order valence-corrected chi connectivity index (χ2v) is 4.19. The molecule has 0 bridgehead atoms. The van der Waals surface area contributed by atoms with Gasteiger partial charge in [-0.1, -0.05) is 30.3 Å². The molecule has 88 valence electrons. The molecule has 0 aliphatic carbocycles. The van der Waals surface area contributed by atoms with Crippen molar-refractivity contribution in [1.82, 2.24) is 10.6 Å². The van der Waals surface area contributed by atoms with Crippen molar-refractivity contribution in [3.63, 3.8) is 0 Å². The highest BCUT2D eigenvalue weighted by Crippen LogP contribution is 2.07. The van der Waals surface area contributed by atoms with E-state index < -0.39 is 12.2 Å². The molecule has 1 aromatic rings. The van der Waals surface area contributed by atoms with E-state index in [1.165, 1.54) is 5.56 Å². The lowest BCUT2D eigenvalue weighted by atomic mass is 10.1. The van der Waals surface area contributed by atoms with Gasteiger partial charge in [-0.05, 0) is 5.56 Å². The van der Waals surface area contributed by atoms with Crippen molar-refractivity contribution in [2.24, 2.45) is 0 Å². The van der Waals surface area contributed by atoms with Gasteiger partial charge in [0.2, 0.25) is 0 Å². The molecule has 4 nitrogen and oxygen atoms in total. The van der Waals surface area contributed by atoms with Crippen LogP contribution in [0.5, 0.6) is 0 Å². The molecule has 3 atom stereocenters. The van der Waals surface area contributed by atoms with Crippen molar-refractivity contribution in [3.8, 4) is 0 Å². The summed E-state index contributed by atoms with van der Waals surface area (Å²) in [7, 11) is 0. The van der Waals surface area contributed by atoms with Crippen molar-refractivity contribution >= 4 is 0 Å². The molecule has 0 saturated carbocycles. The third-order valence-electron chi connectivity index (χ3n) is 2.93. The maximum absolute atomic E-state index is 9.60. The van der Waals surface area contributed by atoms with Gasteiger partial charge < -0.3 is 20.8 Å². The zero-order chi connectivity index (χ0) is 11.4. The quantitative estimate of drug-likeness (QED) is 0.553. The molecule has 0 spiro atoms. The first-order valence-corrected chi connectivity index (χ1v) is 5.61. The van der Waals surface area contributed by atoms with Crippen molar-refractivity contribution < 1.29 is 10.2 Å². The number of aliphatic hydroxyl groups excluding tert-OH is 2. The molecule has 1 aromatic carbocycles. The topological polar surface area (TPSA) is 64.5 Å². The smallest absolute Gasteiger partial charge is 0.0976 e. The number of aliphatic hydroxyl groups is 2. The predicted octanol–water partition coefficient (Wildman–Crippen LogP) is -0.530. The van der Waals surface area contributed by atoms with Crippen LogP contribution in [0, 0.1) is 0 Å². The summed E-state index contributed by atoms with van der Waals surface area (Å²) < 4.78 is 0. The molecule has 4 heteroatoms. The summed E-state index contributed by atoms with van der Waals surface area (Å²) in [6.45, 7) is 1.91. The van der Waals surface area contributed by atoms with Crippen LogP contribution in [0.3, 0.4) is 0 Å². The predicted molar refractivity (Wildman–Crippen MR) is 62.0 cm³/mol. The van der Waals surface area contributed by atoms with Gasteiger partial charge in [0.1, 0.15) is 0 Å². The highest BCUT2D eigenvalue weighted by molar-refractivity contribution is 5.14. The lowest BCUT2D eigenvalue weighted by Gasteiger charge is -2.16. The Morgan fingerprint density at radius 3 is 2.62 bits per heavy atom. The Bertz CT molecular complexity index is 318. The van der Waals surface area contributed by atoms with Crippen LogP contribution in [0.2, 0.25) is 0 Å². The number of hydrogen-bond donors (Lipinski definition) is 4. The number of benzene rings is 1. The number of rotatable bonds is 4. The van der Waals surface area contributed by atoms with Crippen LogP contribution in [0.15, 0.2) is 30.3 Å². The fourth-order valence-electron chi connectivity index (χ4n) is 1.94. The molecule has 0 amide bonds. The lowest BCUT2D eigenvalue weighted by Crippen LogP contribution is -2.41. The Labute approximate surface area is 95.3 Å². The minimum absolute atomic E-state index is 0.0567. The van der Waals surface area contributed by atoms with Gasteiger partial charge >= 0.3 is 0 Å². The molecule has 1 saturated heterocycles. The molecule has 0 aromatic heterocycles. The Hall–Kier alpha value is -0.940. The Morgan fingerprint density at radius 2 is 2.00 bits per heavy atom. The summed E-state index contributed by atoms with van der Waals surface area (Å²) in [5.74, 6) is 0. The van der Waals surface area contributed by atoms with Crippen LogP contribution in [-0.2, 0) is 6.54 Å². The van der Waals surface area contributed by atoms with Crippen LogP contribution in [0.25, 0.3) is 0 Å². The van der Waals surface area contributed by atoms with Crippen molar-refractivity contribution in [2.45, 2.75) is 24.8 Å². The van der Waals surface area contributed by atoms with E-state index in [1.807, 2.05) is 18.2 Å². The van der Waals surface area contributed by atoms with Crippen LogP contribution >= 0.6 is 0 Å². The van der Waals surface area contributed by atoms with Gasteiger partial charge in [0.25, 0.3) is 0 Å². The van der Waals surface area contributed by atoms with Crippen LogP contribution in [-0.4, -0.2) is 41.6 Å². The SMILES string of the molecule is O[C@@H]1[C@@H](O)CN[C@@H]1CNCc1ccccc1. The fraction of sp³-hybridized carbons (Fsp3) is 0.500. The largest absolute Gasteiger partial charge is 0.389 e. The zero-order valence-corrected chi connectivity index (χ0v) is 9.13. The van der Waals surface area contributed by atoms with E-state index in [-0.39, 0.29) is 6.04 Å². The van der Waals surface area contributed by atoms with E-state index in [0.29, 0.717) is 13.1 Å². The molecule has 1 fully saturated rings. The molecule has 16 heavy (non-hydrogen) atoms. The maximum atomic E-state index is 9.60. The summed E-state index contributed by atoms with van der Waals surface area (Å²) in [6, 6.07) is 10.1. The van der Waals surface area contributed by atoms with Gasteiger partial charge in [-0.25, -0.2) is 0 Å². The Kier molecular flexibility index (Phi) is 3.90. The summed E-state index contributed by atoms with van der Waals surface area (Å²) in [6.07, 6.45) is -1.30. The first-order valence-electron chi connectivity index (χ1n) is 5.61. The Balaban J connectivity index is 1.73. The lowest BCUT2D eigenvalue weighted by molar-refractivity contribution is 0.0407. The van der Waals surface area contributed by atoms with E-state index in [0.717, 1.165) is 6.54 Å². The van der Waals surface area contributed by atoms with Gasteiger partial charge in [0.15, 0.2) is 0 Å².